The third-order valence-electron chi connectivity index (χ3n) is 6.31. The van der Waals surface area contributed by atoms with E-state index in [4.69, 9.17) is 21.4 Å². The number of rotatable bonds is 11. The number of halogens is 1. The van der Waals surface area contributed by atoms with Crippen molar-refractivity contribution in [3.05, 3.63) is 94.5 Å². The maximum atomic E-state index is 13.3. The van der Waals surface area contributed by atoms with E-state index >= 15 is 0 Å². The molecule has 3 aromatic carbocycles. The fraction of sp³-hybridized carbons (Fsp3) is 0.323. The van der Waals surface area contributed by atoms with Crippen LogP contribution in [-0.4, -0.2) is 66.2 Å². The molecule has 3 N–H and O–H groups in total. The van der Waals surface area contributed by atoms with Crippen LogP contribution in [0.1, 0.15) is 55.3 Å². The first-order valence-corrected chi connectivity index (χ1v) is 15.3. The van der Waals surface area contributed by atoms with Gasteiger partial charge in [-0.3, -0.25) is 9.59 Å². The SMILES string of the molecule is C[C@H](NC(=O)c1cccc(S(=O)(=O)c2ccc(CCN(C[C@H](O)c3cccc(Cl)c3)C(=O)OC(C)(C)C)cc2)c1)C(=O)O. The van der Waals surface area contributed by atoms with Gasteiger partial charge in [-0.25, -0.2) is 13.2 Å². The number of carbonyl (C=O) groups is 3. The summed E-state index contributed by atoms with van der Waals surface area (Å²) in [5, 5.41) is 22.6. The summed E-state index contributed by atoms with van der Waals surface area (Å²) in [5.74, 6) is -1.93. The molecular weight excluding hydrogens is 596 g/mol. The van der Waals surface area contributed by atoms with E-state index in [2.05, 4.69) is 5.32 Å². The van der Waals surface area contributed by atoms with Crippen LogP contribution in [0.3, 0.4) is 0 Å². The number of carboxylic acid groups (broad SMARTS) is 1. The number of benzene rings is 3. The van der Waals surface area contributed by atoms with Gasteiger partial charge in [-0.15, -0.1) is 0 Å². The Morgan fingerprint density at radius 2 is 1.63 bits per heavy atom. The summed E-state index contributed by atoms with van der Waals surface area (Å²) in [5.41, 5.74) is 0.542. The first-order valence-electron chi connectivity index (χ1n) is 13.5. The maximum Gasteiger partial charge on any atom is 0.410 e. The van der Waals surface area contributed by atoms with Gasteiger partial charge in [-0.2, -0.15) is 0 Å². The molecule has 3 aromatic rings. The van der Waals surface area contributed by atoms with Crippen LogP contribution in [0.2, 0.25) is 5.02 Å². The van der Waals surface area contributed by atoms with E-state index in [0.29, 0.717) is 17.0 Å². The van der Waals surface area contributed by atoms with Crippen molar-refractivity contribution in [1.29, 1.82) is 0 Å². The molecule has 0 saturated heterocycles. The van der Waals surface area contributed by atoms with E-state index in [1.807, 2.05) is 0 Å². The Morgan fingerprint density at radius 3 is 2.23 bits per heavy atom. The van der Waals surface area contributed by atoms with E-state index in [-0.39, 0.29) is 28.4 Å². The van der Waals surface area contributed by atoms with E-state index in [0.717, 1.165) is 5.56 Å². The van der Waals surface area contributed by atoms with Crippen molar-refractivity contribution in [3.63, 3.8) is 0 Å². The first-order chi connectivity index (χ1) is 20.1. The number of sulfone groups is 1. The molecule has 0 saturated carbocycles. The van der Waals surface area contributed by atoms with Gasteiger partial charge in [-0.05, 0) is 87.7 Å². The molecule has 43 heavy (non-hydrogen) atoms. The van der Waals surface area contributed by atoms with Crippen LogP contribution >= 0.6 is 11.6 Å². The van der Waals surface area contributed by atoms with Crippen LogP contribution in [0.25, 0.3) is 0 Å². The number of hydrogen-bond donors (Lipinski definition) is 3. The molecule has 2 amide bonds. The van der Waals surface area contributed by atoms with Crippen molar-refractivity contribution in [2.75, 3.05) is 13.1 Å². The number of carboxylic acids is 1. The number of nitrogens with one attached hydrogen (secondary N) is 1. The standard InChI is InChI=1S/C31H35ClN2O8S/c1-20(29(37)38)33-28(36)23-8-6-10-26(18-23)43(40,41)25-13-11-21(12-14-25)15-16-34(30(39)42-31(2,3)4)19-27(35)22-7-5-9-24(32)17-22/h5-14,17-18,20,27,35H,15-16,19H2,1-4H3,(H,33,36)(H,37,38)/t20-,27-/m0/s1. The summed E-state index contributed by atoms with van der Waals surface area (Å²) < 4.78 is 32.1. The van der Waals surface area contributed by atoms with Crippen molar-refractivity contribution >= 4 is 39.4 Å². The number of aliphatic hydroxyl groups excluding tert-OH is 1. The minimum absolute atomic E-state index is 0.00640. The molecule has 3 rings (SSSR count). The summed E-state index contributed by atoms with van der Waals surface area (Å²) in [7, 11) is -4.00. The van der Waals surface area contributed by atoms with Crippen molar-refractivity contribution in [2.45, 2.75) is 61.7 Å². The van der Waals surface area contributed by atoms with Crippen LogP contribution in [-0.2, 0) is 25.8 Å². The molecule has 0 unspecified atom stereocenters. The lowest BCUT2D eigenvalue weighted by Gasteiger charge is -2.29. The van der Waals surface area contributed by atoms with Crippen LogP contribution < -0.4 is 5.32 Å². The summed E-state index contributed by atoms with van der Waals surface area (Å²) in [6.07, 6.45) is -1.27. The Bertz CT molecular complexity index is 1570. The number of aliphatic hydroxyl groups is 1. The van der Waals surface area contributed by atoms with E-state index in [1.165, 1.54) is 48.2 Å². The normalized spacial score (nSPS) is 13.1. The summed E-state index contributed by atoms with van der Waals surface area (Å²) in [6.45, 7) is 6.68. The van der Waals surface area contributed by atoms with Crippen LogP contribution in [0, 0.1) is 0 Å². The van der Waals surface area contributed by atoms with E-state index < -0.39 is 45.6 Å². The second kappa shape index (κ2) is 14.0. The van der Waals surface area contributed by atoms with Crippen molar-refractivity contribution in [1.82, 2.24) is 10.2 Å². The lowest BCUT2D eigenvalue weighted by Crippen LogP contribution is -2.40. The number of hydrogen-bond acceptors (Lipinski definition) is 7. The van der Waals surface area contributed by atoms with Crippen LogP contribution in [0.15, 0.2) is 82.6 Å². The minimum atomic E-state index is -4.00. The smallest absolute Gasteiger partial charge is 0.410 e. The lowest BCUT2D eigenvalue weighted by atomic mass is 10.1. The van der Waals surface area contributed by atoms with Crippen molar-refractivity contribution < 1.29 is 37.8 Å². The van der Waals surface area contributed by atoms with Crippen molar-refractivity contribution in [3.8, 4) is 0 Å². The van der Waals surface area contributed by atoms with E-state index in [9.17, 15) is 27.9 Å². The fourth-order valence-corrected chi connectivity index (χ4v) is 5.50. The average molecular weight is 631 g/mol. The van der Waals surface area contributed by atoms with Gasteiger partial charge in [0, 0.05) is 17.1 Å². The number of aliphatic carboxylic acids is 1. The second-order valence-electron chi connectivity index (χ2n) is 11.0. The molecule has 10 nitrogen and oxygen atoms in total. The van der Waals surface area contributed by atoms with Crippen LogP contribution in [0.4, 0.5) is 4.79 Å². The number of ether oxygens (including phenoxy) is 1. The number of nitrogens with zero attached hydrogens (tertiary/aromatic N) is 1. The fourth-order valence-electron chi connectivity index (χ4n) is 3.99. The number of carbonyl (C=O) groups excluding carboxylic acids is 2. The quantitative estimate of drug-likeness (QED) is 0.271. The zero-order valence-electron chi connectivity index (χ0n) is 24.3. The summed E-state index contributed by atoms with van der Waals surface area (Å²) in [4.78, 5) is 37.7. The van der Waals surface area contributed by atoms with Gasteiger partial charge in [-0.1, -0.05) is 41.9 Å². The molecular formula is C31H35ClN2O8S. The highest BCUT2D eigenvalue weighted by Crippen LogP contribution is 2.24. The topological polar surface area (TPSA) is 150 Å². The molecule has 0 bridgehead atoms. The maximum absolute atomic E-state index is 13.3. The molecule has 0 aliphatic heterocycles. The van der Waals surface area contributed by atoms with Gasteiger partial charge < -0.3 is 25.2 Å². The molecule has 0 aliphatic carbocycles. The molecule has 0 radical (unpaired) electrons. The highest BCUT2D eigenvalue weighted by Gasteiger charge is 2.25. The van der Waals surface area contributed by atoms with Crippen molar-refractivity contribution in [2.24, 2.45) is 0 Å². The second-order valence-corrected chi connectivity index (χ2v) is 13.3. The van der Waals surface area contributed by atoms with Gasteiger partial charge in [0.05, 0.1) is 22.4 Å². The predicted molar refractivity (Wildman–Crippen MR) is 161 cm³/mol. The molecule has 0 heterocycles. The zero-order chi connectivity index (χ0) is 31.9. The monoisotopic (exact) mass is 630 g/mol. The Kier molecular flexibility index (Phi) is 11.0. The molecule has 0 spiro atoms. The Morgan fingerprint density at radius 1 is 0.977 bits per heavy atom. The third kappa shape index (κ3) is 9.54. The van der Waals surface area contributed by atoms with Gasteiger partial charge in [0.1, 0.15) is 11.6 Å². The predicted octanol–water partition coefficient (Wildman–Crippen LogP) is 4.89. The third-order valence-corrected chi connectivity index (χ3v) is 8.31. The Hall–Kier alpha value is -3.93. The average Bonchev–Trinajstić information content (AvgIpc) is 2.94. The Balaban J connectivity index is 1.75. The zero-order valence-corrected chi connectivity index (χ0v) is 25.9. The highest BCUT2D eigenvalue weighted by molar-refractivity contribution is 7.91. The van der Waals surface area contributed by atoms with Crippen LogP contribution in [0.5, 0.6) is 0 Å². The molecule has 0 fully saturated rings. The van der Waals surface area contributed by atoms with Gasteiger partial charge >= 0.3 is 12.1 Å². The largest absolute Gasteiger partial charge is 0.480 e. The number of amides is 2. The first kappa shape index (κ1) is 33.6. The molecule has 12 heteroatoms. The van der Waals surface area contributed by atoms with E-state index in [1.54, 1.807) is 57.2 Å². The molecule has 0 aliphatic rings. The highest BCUT2D eigenvalue weighted by atomic mass is 35.5. The van der Waals surface area contributed by atoms with Gasteiger partial charge in [0.2, 0.25) is 9.84 Å². The molecule has 0 aromatic heterocycles. The van der Waals surface area contributed by atoms with Gasteiger partial charge in [0.25, 0.3) is 5.91 Å². The Labute approximate surface area is 256 Å². The lowest BCUT2D eigenvalue weighted by molar-refractivity contribution is -0.138. The molecule has 2 atom stereocenters. The minimum Gasteiger partial charge on any atom is -0.480 e. The van der Waals surface area contributed by atoms with Gasteiger partial charge in [0.15, 0.2) is 0 Å². The summed E-state index contributed by atoms with van der Waals surface area (Å²) >= 11 is 6.05. The molecule has 230 valence electrons. The summed E-state index contributed by atoms with van der Waals surface area (Å²) in [6, 6.07) is 17.0.